The first-order valence-electron chi connectivity index (χ1n) is 41.6. The van der Waals surface area contributed by atoms with Crippen LogP contribution in [0, 0.1) is 5.92 Å². The van der Waals surface area contributed by atoms with Gasteiger partial charge in [0.2, 0.25) is 70.9 Å². The SMILES string of the molecule is CCCC[C@H](NC(=O)CCC(=O)NCCCOCCOCCOCCCNC(=O)CN1CCN(C(=O)C(CNCCN)CNCCN)CC1)C(=O)N[C@H]1CSCc2cccc(c2)CSC[C@@H](C(=O)N[C@@H](CC(=O)O)C(=O)O)NC(=O)[C@H](Cc2ccccc2)NC(=O)[C@H](CCC(=O)O)NC(=O)[C@H]([C@@H](C)O)NC(=O)[C@@H]2CCCN2C(=O)[C@@H]2CCCN2C1=O. The monoisotopic (exact) mass is 1740 g/mol. The molecule has 6 rings (SSSR count). The summed E-state index contributed by atoms with van der Waals surface area (Å²) in [6, 6.07) is 1.80. The van der Waals surface area contributed by atoms with E-state index in [2.05, 4.69) is 58.5 Å². The van der Waals surface area contributed by atoms with Gasteiger partial charge in [-0.3, -0.25) is 72.0 Å². The van der Waals surface area contributed by atoms with Gasteiger partial charge in [-0.05, 0) is 75.0 Å². The zero-order valence-electron chi connectivity index (χ0n) is 69.2. The van der Waals surface area contributed by atoms with Crippen molar-refractivity contribution in [1.29, 1.82) is 0 Å². The summed E-state index contributed by atoms with van der Waals surface area (Å²) in [5.74, 6) is -13.1. The van der Waals surface area contributed by atoms with Gasteiger partial charge in [0.1, 0.15) is 54.4 Å². The van der Waals surface area contributed by atoms with E-state index in [1.54, 1.807) is 42.5 Å². The molecule has 674 valence electrons. The van der Waals surface area contributed by atoms with E-state index in [0.717, 1.165) is 24.2 Å². The summed E-state index contributed by atoms with van der Waals surface area (Å²) in [4.78, 5) is 212. The molecule has 0 aliphatic carbocycles. The summed E-state index contributed by atoms with van der Waals surface area (Å²) in [6.45, 7) is 11.6. The number of fused-ring (bicyclic) bond motifs is 4. The number of aliphatic hydroxyl groups excluding tert-OH is 1. The molecule has 39 nitrogen and oxygen atoms in total. The number of thioether (sulfide) groups is 2. The van der Waals surface area contributed by atoms with Crippen molar-refractivity contribution in [3.05, 3.63) is 71.3 Å². The van der Waals surface area contributed by atoms with Gasteiger partial charge in [0, 0.05) is 154 Å². The average Bonchev–Trinajstić information content (AvgIpc) is 1.26. The minimum atomic E-state index is -1.95. The molecule has 3 saturated heterocycles. The molecule has 0 spiro atoms. The Labute approximate surface area is 713 Å². The van der Waals surface area contributed by atoms with E-state index in [9.17, 15) is 87.5 Å². The number of amides is 12. The number of carboxylic acid groups (broad SMARTS) is 3. The van der Waals surface area contributed by atoms with Crippen molar-refractivity contribution in [1.82, 2.24) is 78.1 Å². The maximum Gasteiger partial charge on any atom is 0.326 e. The molecule has 41 heteroatoms. The molecule has 121 heavy (non-hydrogen) atoms. The van der Waals surface area contributed by atoms with Crippen molar-refractivity contribution in [3.8, 4) is 0 Å². The second-order valence-corrected chi connectivity index (χ2v) is 32.2. The van der Waals surface area contributed by atoms with E-state index in [1.807, 2.05) is 28.9 Å². The molecule has 0 saturated carbocycles. The van der Waals surface area contributed by atoms with Crippen LogP contribution in [0.25, 0.3) is 0 Å². The number of benzene rings is 2. The van der Waals surface area contributed by atoms with Crippen LogP contribution < -0.4 is 70.0 Å². The Balaban J connectivity index is 1.04. The fourth-order valence-electron chi connectivity index (χ4n) is 14.0. The highest BCUT2D eigenvalue weighted by Crippen LogP contribution is 2.28. The van der Waals surface area contributed by atoms with Gasteiger partial charge in [0.05, 0.1) is 51.4 Å². The van der Waals surface area contributed by atoms with Gasteiger partial charge in [-0.1, -0.05) is 74.4 Å². The summed E-state index contributed by atoms with van der Waals surface area (Å²) in [5, 5.41) is 70.3. The van der Waals surface area contributed by atoms with E-state index in [-0.39, 0.29) is 105 Å². The van der Waals surface area contributed by atoms with E-state index in [0.29, 0.717) is 161 Å². The van der Waals surface area contributed by atoms with Gasteiger partial charge in [0.15, 0.2) is 0 Å². The first-order valence-corrected chi connectivity index (χ1v) is 43.9. The second kappa shape index (κ2) is 55.8. The fraction of sp³-hybridized carbons (Fsp3) is 0.662. The molecule has 3 fully saturated rings. The number of carbonyl (C=O) groups is 15. The van der Waals surface area contributed by atoms with Crippen LogP contribution in [0.2, 0.25) is 0 Å². The van der Waals surface area contributed by atoms with E-state index < -0.39 is 157 Å². The number of piperazine rings is 1. The zero-order valence-corrected chi connectivity index (χ0v) is 70.9. The van der Waals surface area contributed by atoms with Gasteiger partial charge in [0.25, 0.3) is 0 Å². The maximum absolute atomic E-state index is 15.2. The quantitative estimate of drug-likeness (QED) is 0.0286. The second-order valence-electron chi connectivity index (χ2n) is 30.1. The average molecular weight is 1740 g/mol. The molecule has 10 atom stereocenters. The van der Waals surface area contributed by atoms with Gasteiger partial charge >= 0.3 is 17.9 Å². The maximum atomic E-state index is 15.2. The lowest BCUT2D eigenvalue weighted by molar-refractivity contribution is -0.148. The number of hydrogen-bond donors (Lipinski definition) is 17. The molecule has 0 aromatic heterocycles. The van der Waals surface area contributed by atoms with E-state index in [1.165, 1.54) is 21.6 Å². The van der Waals surface area contributed by atoms with Crippen LogP contribution in [-0.2, 0) is 104 Å². The van der Waals surface area contributed by atoms with Crippen LogP contribution in [0.15, 0.2) is 54.6 Å². The molecule has 12 amide bonds. The highest BCUT2D eigenvalue weighted by Gasteiger charge is 2.46. The number of hydrogen-bond acceptors (Lipinski definition) is 26. The Morgan fingerprint density at radius 3 is 1.76 bits per heavy atom. The number of aliphatic hydroxyl groups is 1. The molecule has 4 aliphatic rings. The summed E-state index contributed by atoms with van der Waals surface area (Å²) in [5.41, 5.74) is 13.1. The molecule has 0 unspecified atom stereocenters. The number of carbonyl (C=O) groups excluding carboxylic acids is 12. The number of nitrogens with two attached hydrogens (primary N) is 2. The highest BCUT2D eigenvalue weighted by molar-refractivity contribution is 7.98. The lowest BCUT2D eigenvalue weighted by Gasteiger charge is -2.36. The number of ether oxygens (including phenoxy) is 3. The smallest absolute Gasteiger partial charge is 0.326 e. The Morgan fingerprint density at radius 1 is 0.587 bits per heavy atom. The number of rotatable bonds is 45. The normalized spacial score (nSPS) is 20.8. The van der Waals surface area contributed by atoms with E-state index >= 15 is 4.79 Å². The molecule has 4 aliphatic heterocycles. The third-order valence-corrected chi connectivity index (χ3v) is 22.7. The third-order valence-electron chi connectivity index (χ3n) is 20.5. The Bertz CT molecular complexity index is 3670. The first-order chi connectivity index (χ1) is 58.2. The summed E-state index contributed by atoms with van der Waals surface area (Å²) < 4.78 is 16.9. The highest BCUT2D eigenvalue weighted by atomic mass is 32.2. The number of carboxylic acids is 3. The molecule has 2 aromatic rings. The standard InChI is InChI=1S/C80H125N17O22S2/c1-3-4-17-57(87-66(100)22-21-65(99)85-26-11-36-117-38-40-119-41-39-118-37-12-27-86-67(101)47-94-32-34-95(35-33-94)77(112)56(45-83-28-24-81)46-84-29-25-82)71(106)92-62-51-121-49-55-16-8-15-54(42-55)48-120-50-61(74(109)90-60(80(115)116)44-69(104)105)91-73(108)59(43-53-13-6-5-7-14-53)89-72(107)58(20-23-68(102)103)88-76(111)70(52(2)98)93-75(110)63-18-9-30-96(63)79(114)64-19-10-31-97(64)78(62)113/h5-8,13-16,42,52,56-64,70,83-84,98H,3-4,9-12,17-41,43-51,81-82H2,1-2H3,(H,85,99)(H,86,101)(H,87,100)(H,88,111)(H,89,107)(H,90,109)(H,91,108)(H,92,106)(H,93,110)(H,102,103)(H,104,105)(H,115,116)/t52-,57+,58+,59+,60+,61+,62+,63+,64+,70+/m1/s1. The first kappa shape index (κ1) is 101. The van der Waals surface area contributed by atoms with Gasteiger partial charge in [-0.15, -0.1) is 0 Å². The fourth-order valence-corrected chi connectivity index (χ4v) is 16.0. The Kier molecular flexibility index (Phi) is 46.4. The summed E-state index contributed by atoms with van der Waals surface area (Å²) in [7, 11) is 0. The lowest BCUT2D eigenvalue weighted by atomic mass is 10.0. The Hall–Kier alpha value is -9.17. The Morgan fingerprint density at radius 2 is 1.17 bits per heavy atom. The van der Waals surface area contributed by atoms with Crippen molar-refractivity contribution in [2.45, 2.75) is 182 Å². The lowest BCUT2D eigenvalue weighted by Crippen LogP contribution is -2.62. The third kappa shape index (κ3) is 36.8. The van der Waals surface area contributed by atoms with Crippen LogP contribution in [0.3, 0.4) is 0 Å². The van der Waals surface area contributed by atoms with Crippen LogP contribution >= 0.6 is 23.5 Å². The molecular formula is C80H125N17O22S2. The minimum Gasteiger partial charge on any atom is -0.481 e. The van der Waals surface area contributed by atoms with Crippen LogP contribution in [0.4, 0.5) is 0 Å². The number of aliphatic carboxylic acids is 3. The van der Waals surface area contributed by atoms with Crippen LogP contribution in [0.5, 0.6) is 0 Å². The van der Waals surface area contributed by atoms with Crippen LogP contribution in [-0.4, -0.2) is 339 Å². The van der Waals surface area contributed by atoms with E-state index in [4.69, 9.17) is 25.7 Å². The van der Waals surface area contributed by atoms with Crippen molar-refractivity contribution in [2.75, 3.05) is 149 Å². The topological polar surface area (TPSA) is 562 Å². The van der Waals surface area contributed by atoms with Crippen molar-refractivity contribution >= 4 is 112 Å². The van der Waals surface area contributed by atoms with Crippen LogP contribution in [0.1, 0.15) is 120 Å². The van der Waals surface area contributed by atoms with Gasteiger partial charge in [-0.2, -0.15) is 23.5 Å². The molecule has 19 N–H and O–H groups in total. The van der Waals surface area contributed by atoms with Crippen molar-refractivity contribution in [3.63, 3.8) is 0 Å². The van der Waals surface area contributed by atoms with Crippen molar-refractivity contribution < 1.29 is 107 Å². The summed E-state index contributed by atoms with van der Waals surface area (Å²) in [6.07, 6.45) is -1.55. The largest absolute Gasteiger partial charge is 0.481 e. The number of nitrogens with zero attached hydrogens (tertiary/aromatic N) is 4. The molecule has 0 radical (unpaired) electrons. The van der Waals surface area contributed by atoms with Crippen molar-refractivity contribution in [2.24, 2.45) is 17.4 Å². The molecule has 2 bridgehead atoms. The molecule has 2 aromatic carbocycles. The minimum absolute atomic E-state index is 0.0456. The molecule has 4 heterocycles. The molecular weight excluding hydrogens is 1620 g/mol. The van der Waals surface area contributed by atoms with Gasteiger partial charge < -0.3 is 119 Å². The number of unbranched alkanes of at least 4 members (excludes halogenated alkanes) is 1. The number of nitrogens with one attached hydrogen (secondary N) is 11. The van der Waals surface area contributed by atoms with Gasteiger partial charge in [-0.25, -0.2) is 4.79 Å². The predicted octanol–water partition coefficient (Wildman–Crippen LogP) is -3.52. The summed E-state index contributed by atoms with van der Waals surface area (Å²) >= 11 is 2.37. The zero-order chi connectivity index (χ0) is 88.0. The predicted molar refractivity (Wildman–Crippen MR) is 447 cm³/mol.